The number of likely N-dealkylation sites (tertiary alicyclic amines) is 2. The number of nitrogens with one attached hydrogen (secondary N) is 3. The lowest BCUT2D eigenvalue weighted by Gasteiger charge is -2.31. The number of hydrogen-bond acceptors (Lipinski definition) is 10. The number of nitrogens with two attached hydrogens (primary N) is 1. The fraction of sp³-hybridized carbons (Fsp3) is 0.405. The van der Waals surface area contributed by atoms with Crippen molar-refractivity contribution in [2.75, 3.05) is 19.6 Å². The van der Waals surface area contributed by atoms with E-state index >= 15 is 0 Å². The monoisotopic (exact) mass is 760 g/mol. The lowest BCUT2D eigenvalue weighted by molar-refractivity contribution is -0.150. The van der Waals surface area contributed by atoms with E-state index in [1.54, 1.807) is 18.2 Å². The van der Waals surface area contributed by atoms with Crippen LogP contribution in [0.15, 0.2) is 42.5 Å². The molecule has 0 aromatic heterocycles. The number of carboxylic acids is 2. The van der Waals surface area contributed by atoms with Crippen molar-refractivity contribution in [2.24, 2.45) is 5.73 Å². The Morgan fingerprint density at radius 3 is 1.91 bits per heavy atom. The van der Waals surface area contributed by atoms with E-state index in [0.717, 1.165) is 9.80 Å². The Hall–Kier alpha value is -6.46. The molecule has 2 aromatic carbocycles. The van der Waals surface area contributed by atoms with E-state index in [4.69, 9.17) is 5.73 Å². The van der Waals surface area contributed by atoms with Crippen molar-refractivity contribution in [3.05, 3.63) is 59.2 Å². The van der Waals surface area contributed by atoms with Gasteiger partial charge in [0.15, 0.2) is 0 Å². The fourth-order valence-corrected chi connectivity index (χ4v) is 7.10. The van der Waals surface area contributed by atoms with Crippen LogP contribution in [0.2, 0.25) is 0 Å². The van der Waals surface area contributed by atoms with Crippen molar-refractivity contribution in [1.29, 1.82) is 0 Å². The summed E-state index contributed by atoms with van der Waals surface area (Å²) in [5.74, 6) is -8.45. The number of rotatable bonds is 15. The number of amides is 6. The lowest BCUT2D eigenvalue weighted by atomic mass is 9.83. The number of Topliss-reactive ketones (excluding diaryl/α,β-unsaturated/α-hetero) is 2. The van der Waals surface area contributed by atoms with Crippen molar-refractivity contribution in [1.82, 2.24) is 25.8 Å². The molecule has 18 heteroatoms. The molecule has 55 heavy (non-hydrogen) atoms. The summed E-state index contributed by atoms with van der Waals surface area (Å²) in [7, 11) is 0. The van der Waals surface area contributed by atoms with Gasteiger partial charge in [-0.25, -0.2) is 4.79 Å². The molecule has 2 saturated heterocycles. The van der Waals surface area contributed by atoms with Crippen LogP contribution in [0.4, 0.5) is 0 Å². The number of benzene rings is 2. The van der Waals surface area contributed by atoms with E-state index in [0.29, 0.717) is 24.0 Å². The molecule has 3 aliphatic rings. The molecule has 0 saturated carbocycles. The number of carbonyl (C=O) groups excluding carboxylic acids is 8. The molecule has 0 spiro atoms. The minimum atomic E-state index is -1.43. The molecule has 0 radical (unpaired) electrons. The molecule has 6 amide bonds. The second-order valence-electron chi connectivity index (χ2n) is 13.5. The highest BCUT2D eigenvalue weighted by molar-refractivity contribution is 6.53. The van der Waals surface area contributed by atoms with Crippen LogP contribution in [0.1, 0.15) is 82.4 Å². The summed E-state index contributed by atoms with van der Waals surface area (Å²) >= 11 is 0. The minimum Gasteiger partial charge on any atom is -0.481 e. The van der Waals surface area contributed by atoms with Crippen LogP contribution in [-0.2, 0) is 33.6 Å². The predicted octanol–water partition coefficient (Wildman–Crippen LogP) is -0.371. The maximum atomic E-state index is 13.8. The highest BCUT2D eigenvalue weighted by Crippen LogP contribution is 2.34. The SMILES string of the molecule is NC(=O)CC[C@H](NC(=O)[C@@H]1CCCN1C(=O)[C@H](CCC(=O)O)NC(=O)CNC(=O)c1ccc2c(c1)-c1ccccc1C(=O)C2=O)C(=O)N1CCC[C@H]1C(=O)O. The van der Waals surface area contributed by atoms with Crippen LogP contribution in [0, 0.1) is 0 Å². The van der Waals surface area contributed by atoms with E-state index in [-0.39, 0.29) is 61.9 Å². The van der Waals surface area contributed by atoms with Gasteiger partial charge in [-0.15, -0.1) is 0 Å². The van der Waals surface area contributed by atoms with Gasteiger partial charge in [-0.1, -0.05) is 24.3 Å². The molecule has 2 aromatic rings. The summed E-state index contributed by atoms with van der Waals surface area (Å²) in [6.07, 6.45) is -0.278. The molecule has 2 aliphatic heterocycles. The Morgan fingerprint density at radius 1 is 0.727 bits per heavy atom. The van der Waals surface area contributed by atoms with Crippen molar-refractivity contribution >= 4 is 58.9 Å². The Morgan fingerprint density at radius 2 is 1.29 bits per heavy atom. The average molecular weight is 761 g/mol. The zero-order chi connectivity index (χ0) is 40.0. The molecule has 2 heterocycles. The van der Waals surface area contributed by atoms with Gasteiger partial charge < -0.3 is 41.7 Å². The molecule has 5 rings (SSSR count). The summed E-state index contributed by atoms with van der Waals surface area (Å²) in [4.78, 5) is 129. The number of fused-ring (bicyclic) bond motifs is 3. The highest BCUT2D eigenvalue weighted by atomic mass is 16.4. The second kappa shape index (κ2) is 17.1. The maximum Gasteiger partial charge on any atom is 0.326 e. The third kappa shape index (κ3) is 9.02. The van der Waals surface area contributed by atoms with Gasteiger partial charge in [0.1, 0.15) is 24.2 Å². The van der Waals surface area contributed by atoms with Crippen LogP contribution in [0.25, 0.3) is 11.1 Å². The number of aliphatic carboxylic acids is 2. The first-order valence-corrected chi connectivity index (χ1v) is 17.7. The zero-order valence-electron chi connectivity index (χ0n) is 29.6. The maximum absolute atomic E-state index is 13.8. The summed E-state index contributed by atoms with van der Waals surface area (Å²) < 4.78 is 0. The number of carbonyl (C=O) groups is 10. The molecular formula is C37H40N6O12. The Labute approximate surface area is 313 Å². The van der Waals surface area contributed by atoms with Crippen LogP contribution >= 0.6 is 0 Å². The first-order chi connectivity index (χ1) is 26.2. The minimum absolute atomic E-state index is 0.0514. The van der Waals surface area contributed by atoms with E-state index in [9.17, 15) is 58.2 Å². The number of carboxylic acid groups (broad SMARTS) is 2. The standard InChI is InChI=1S/C37H40N6O12/c38-28(44)13-11-25(36(53)43-16-4-8-27(43)37(54)55)41-34(51)26-7-3-15-42(26)35(52)24(12-14-30(46)47)40-29(45)18-39-33(50)19-9-10-22-23(17-19)20-5-1-2-6-21(20)31(48)32(22)49/h1-2,5-6,9-10,17,24-27H,3-4,7-8,11-16,18H2,(H2,38,44)(H,39,50)(H,40,45)(H,41,51)(H,46,47)(H,54,55)/t24-,25-,26-,27-/m0/s1. The second-order valence-corrected chi connectivity index (χ2v) is 13.5. The zero-order valence-corrected chi connectivity index (χ0v) is 29.6. The normalized spacial score (nSPS) is 18.4. The predicted molar refractivity (Wildman–Crippen MR) is 189 cm³/mol. The van der Waals surface area contributed by atoms with Gasteiger partial charge in [-0.05, 0) is 67.9 Å². The van der Waals surface area contributed by atoms with Gasteiger partial charge in [-0.3, -0.25) is 43.2 Å². The summed E-state index contributed by atoms with van der Waals surface area (Å²) in [5.41, 5.74) is 6.50. The molecule has 7 N–H and O–H groups in total. The van der Waals surface area contributed by atoms with Gasteiger partial charge in [-0.2, -0.15) is 0 Å². The fourth-order valence-electron chi connectivity index (χ4n) is 7.10. The van der Waals surface area contributed by atoms with E-state index < -0.39 is 96.1 Å². The van der Waals surface area contributed by atoms with Crippen molar-refractivity contribution in [3.63, 3.8) is 0 Å². The largest absolute Gasteiger partial charge is 0.481 e. The number of ketones is 2. The molecule has 4 atom stereocenters. The van der Waals surface area contributed by atoms with Crippen molar-refractivity contribution < 1.29 is 58.2 Å². The van der Waals surface area contributed by atoms with Gasteiger partial charge in [0.2, 0.25) is 41.1 Å². The van der Waals surface area contributed by atoms with Crippen molar-refractivity contribution in [2.45, 2.75) is 75.5 Å². The third-order valence-electron chi connectivity index (χ3n) is 9.84. The molecule has 0 unspecified atom stereocenters. The Kier molecular flexibility index (Phi) is 12.4. The molecular weight excluding hydrogens is 720 g/mol. The van der Waals surface area contributed by atoms with Gasteiger partial charge in [0.05, 0.1) is 6.54 Å². The van der Waals surface area contributed by atoms with E-state index in [1.165, 1.54) is 24.3 Å². The van der Waals surface area contributed by atoms with Gasteiger partial charge in [0, 0.05) is 42.6 Å². The van der Waals surface area contributed by atoms with Crippen LogP contribution in [0.3, 0.4) is 0 Å². The number of nitrogens with zero attached hydrogens (tertiary/aromatic N) is 2. The third-order valence-corrected chi connectivity index (χ3v) is 9.84. The van der Waals surface area contributed by atoms with E-state index in [1.807, 2.05) is 0 Å². The van der Waals surface area contributed by atoms with Crippen LogP contribution in [0.5, 0.6) is 0 Å². The Bertz CT molecular complexity index is 1960. The first kappa shape index (κ1) is 39.7. The van der Waals surface area contributed by atoms with Crippen LogP contribution < -0.4 is 21.7 Å². The summed E-state index contributed by atoms with van der Waals surface area (Å²) in [5, 5.41) is 26.3. The lowest BCUT2D eigenvalue weighted by Crippen LogP contribution is -2.57. The summed E-state index contributed by atoms with van der Waals surface area (Å²) in [6.45, 7) is -0.457. The first-order valence-electron chi connectivity index (χ1n) is 17.7. The quantitative estimate of drug-likeness (QED) is 0.127. The molecule has 0 bridgehead atoms. The van der Waals surface area contributed by atoms with Gasteiger partial charge >= 0.3 is 11.9 Å². The van der Waals surface area contributed by atoms with Crippen molar-refractivity contribution in [3.8, 4) is 11.1 Å². The molecule has 18 nitrogen and oxygen atoms in total. The van der Waals surface area contributed by atoms with Gasteiger partial charge in [0.25, 0.3) is 5.91 Å². The molecule has 1 aliphatic carbocycles. The number of hydrogen-bond donors (Lipinski definition) is 6. The Balaban J connectivity index is 1.25. The molecule has 290 valence electrons. The van der Waals surface area contributed by atoms with Crippen LogP contribution in [-0.4, -0.2) is 123 Å². The number of primary amides is 1. The molecule has 2 fully saturated rings. The summed E-state index contributed by atoms with van der Waals surface area (Å²) in [6, 6.07) is 5.53. The van der Waals surface area contributed by atoms with E-state index in [2.05, 4.69) is 16.0 Å². The topological polar surface area (TPSA) is 280 Å². The average Bonchev–Trinajstić information content (AvgIpc) is 3.86. The highest BCUT2D eigenvalue weighted by Gasteiger charge is 2.42. The smallest absolute Gasteiger partial charge is 0.326 e.